The first kappa shape index (κ1) is 17.6. The average molecular weight is 356 g/mol. The zero-order chi connectivity index (χ0) is 17.0. The van der Waals surface area contributed by atoms with Crippen LogP contribution in [0, 0.1) is 11.6 Å². The van der Waals surface area contributed by atoms with Crippen molar-refractivity contribution >= 4 is 46.3 Å². The number of thioether (sulfide) groups is 1. The smallest absolute Gasteiger partial charge is 0.266 e. The molecule has 0 spiro atoms. The first-order valence-electron chi connectivity index (χ1n) is 6.79. The van der Waals surface area contributed by atoms with Crippen molar-refractivity contribution < 1.29 is 23.5 Å². The largest absolute Gasteiger partial charge is 0.550 e. The van der Waals surface area contributed by atoms with Gasteiger partial charge in [-0.2, -0.15) is 0 Å². The molecule has 1 aliphatic rings. The standard InChI is InChI=1S/C15H13F2NO3S2/c16-10-5-4-9(11(17)8-10)7-12-14(21)18(15(22)23-12)6-2-1-3-13(19)20/h4-5,7-8H,1-3,6H2,(H,19,20)/p-1/b12-7+. The highest BCUT2D eigenvalue weighted by molar-refractivity contribution is 8.26. The van der Waals surface area contributed by atoms with Gasteiger partial charge in [-0.15, -0.1) is 0 Å². The Bertz CT molecular complexity index is 691. The van der Waals surface area contributed by atoms with E-state index in [-0.39, 0.29) is 22.8 Å². The molecule has 2 rings (SSSR count). The Morgan fingerprint density at radius 3 is 2.74 bits per heavy atom. The van der Waals surface area contributed by atoms with E-state index in [0.717, 1.165) is 23.9 Å². The fraction of sp³-hybridized carbons (Fsp3) is 0.267. The van der Waals surface area contributed by atoms with Crippen LogP contribution in [0.5, 0.6) is 0 Å². The van der Waals surface area contributed by atoms with E-state index in [4.69, 9.17) is 12.2 Å². The van der Waals surface area contributed by atoms with Crippen LogP contribution in [0.1, 0.15) is 24.8 Å². The number of aliphatic carboxylic acids is 1. The van der Waals surface area contributed by atoms with Crippen LogP contribution in [-0.4, -0.2) is 27.6 Å². The highest BCUT2D eigenvalue weighted by Crippen LogP contribution is 2.33. The van der Waals surface area contributed by atoms with Crippen molar-refractivity contribution in [2.24, 2.45) is 0 Å². The summed E-state index contributed by atoms with van der Waals surface area (Å²) in [4.78, 5) is 24.2. The van der Waals surface area contributed by atoms with E-state index in [2.05, 4.69) is 0 Å². The Balaban J connectivity index is 2.05. The second-order valence-corrected chi connectivity index (χ2v) is 6.50. The Morgan fingerprint density at radius 1 is 1.35 bits per heavy atom. The molecule has 23 heavy (non-hydrogen) atoms. The summed E-state index contributed by atoms with van der Waals surface area (Å²) in [6.45, 7) is 0.293. The number of amides is 1. The topological polar surface area (TPSA) is 60.4 Å². The number of halogens is 2. The quantitative estimate of drug-likeness (QED) is 0.444. The maximum Gasteiger partial charge on any atom is 0.266 e. The van der Waals surface area contributed by atoms with E-state index in [1.165, 1.54) is 17.0 Å². The molecule has 0 saturated carbocycles. The number of carboxylic acids is 1. The van der Waals surface area contributed by atoms with Crippen LogP contribution in [0.3, 0.4) is 0 Å². The highest BCUT2D eigenvalue weighted by Gasteiger charge is 2.31. The number of unbranched alkanes of at least 4 members (excludes halogenated alkanes) is 1. The molecular weight excluding hydrogens is 344 g/mol. The van der Waals surface area contributed by atoms with Crippen LogP contribution < -0.4 is 5.11 Å². The van der Waals surface area contributed by atoms with Gasteiger partial charge in [0.1, 0.15) is 16.0 Å². The van der Waals surface area contributed by atoms with E-state index in [9.17, 15) is 23.5 Å². The van der Waals surface area contributed by atoms with Crippen LogP contribution in [0.2, 0.25) is 0 Å². The lowest BCUT2D eigenvalue weighted by Crippen LogP contribution is -2.29. The number of carbonyl (C=O) groups excluding carboxylic acids is 2. The van der Waals surface area contributed by atoms with Crippen molar-refractivity contribution in [2.45, 2.75) is 19.3 Å². The first-order chi connectivity index (χ1) is 10.9. The monoisotopic (exact) mass is 356 g/mol. The number of rotatable bonds is 6. The lowest BCUT2D eigenvalue weighted by Gasteiger charge is -2.14. The SMILES string of the molecule is O=C([O-])CCCCN1C(=O)/C(=C\c2ccc(F)cc2F)SC1=S. The molecule has 0 radical (unpaired) electrons. The normalized spacial score (nSPS) is 16.4. The summed E-state index contributed by atoms with van der Waals surface area (Å²) < 4.78 is 26.9. The van der Waals surface area contributed by atoms with Crippen LogP contribution in [0.25, 0.3) is 6.08 Å². The van der Waals surface area contributed by atoms with Gasteiger partial charge in [0.2, 0.25) is 0 Å². The van der Waals surface area contributed by atoms with Crippen LogP contribution in [0.15, 0.2) is 23.1 Å². The molecule has 0 N–H and O–H groups in total. The molecule has 1 aromatic rings. The van der Waals surface area contributed by atoms with Gasteiger partial charge in [0.05, 0.1) is 4.91 Å². The second kappa shape index (κ2) is 7.65. The molecular formula is C15H12F2NO3S2-. The van der Waals surface area contributed by atoms with Crippen molar-refractivity contribution in [1.29, 1.82) is 0 Å². The fourth-order valence-corrected chi connectivity index (χ4v) is 3.29. The Kier molecular flexibility index (Phi) is 5.84. The first-order valence-corrected chi connectivity index (χ1v) is 8.01. The molecule has 1 aliphatic heterocycles. The van der Waals surface area contributed by atoms with Gasteiger partial charge in [0.15, 0.2) is 0 Å². The molecule has 1 heterocycles. The zero-order valence-electron chi connectivity index (χ0n) is 11.9. The summed E-state index contributed by atoms with van der Waals surface area (Å²) in [7, 11) is 0. The van der Waals surface area contributed by atoms with Gasteiger partial charge >= 0.3 is 0 Å². The lowest BCUT2D eigenvalue weighted by atomic mass is 10.2. The predicted octanol–water partition coefficient (Wildman–Crippen LogP) is 2.09. The summed E-state index contributed by atoms with van der Waals surface area (Å²) in [5.74, 6) is -2.96. The molecule has 0 aromatic heterocycles. The summed E-state index contributed by atoms with van der Waals surface area (Å²) in [5.41, 5.74) is 0.101. The number of thiocarbonyl (C=S) groups is 1. The molecule has 8 heteroatoms. The number of carboxylic acid groups (broad SMARTS) is 1. The van der Waals surface area contributed by atoms with Gasteiger partial charge in [-0.1, -0.05) is 24.0 Å². The van der Waals surface area contributed by atoms with Crippen molar-refractivity contribution in [3.8, 4) is 0 Å². The lowest BCUT2D eigenvalue weighted by molar-refractivity contribution is -0.305. The number of hydrogen-bond donors (Lipinski definition) is 0. The molecule has 1 aromatic carbocycles. The maximum absolute atomic E-state index is 13.6. The third kappa shape index (κ3) is 4.59. The van der Waals surface area contributed by atoms with Crippen LogP contribution in [0.4, 0.5) is 8.78 Å². The van der Waals surface area contributed by atoms with Crippen LogP contribution in [-0.2, 0) is 9.59 Å². The van der Waals surface area contributed by atoms with E-state index < -0.39 is 17.6 Å². The molecule has 0 unspecified atom stereocenters. The molecule has 4 nitrogen and oxygen atoms in total. The second-order valence-electron chi connectivity index (χ2n) is 4.83. The van der Waals surface area contributed by atoms with E-state index in [1.807, 2.05) is 0 Å². The molecule has 0 bridgehead atoms. The minimum absolute atomic E-state index is 0.0780. The number of carbonyl (C=O) groups is 2. The van der Waals surface area contributed by atoms with Crippen molar-refractivity contribution in [2.75, 3.05) is 6.54 Å². The minimum Gasteiger partial charge on any atom is -0.550 e. The summed E-state index contributed by atoms with van der Waals surface area (Å²) in [5, 5.41) is 10.3. The van der Waals surface area contributed by atoms with Gasteiger partial charge in [0.25, 0.3) is 5.91 Å². The Labute approximate surface area is 141 Å². The maximum atomic E-state index is 13.6. The van der Waals surface area contributed by atoms with Gasteiger partial charge < -0.3 is 9.90 Å². The van der Waals surface area contributed by atoms with Gasteiger partial charge in [-0.25, -0.2) is 8.78 Å². The Hall–Kier alpha value is -1.80. The van der Waals surface area contributed by atoms with Crippen LogP contribution >= 0.6 is 24.0 Å². The van der Waals surface area contributed by atoms with Crippen molar-refractivity contribution in [3.05, 3.63) is 40.3 Å². The third-order valence-electron chi connectivity index (χ3n) is 3.14. The molecule has 122 valence electrons. The molecule has 1 fully saturated rings. The predicted molar refractivity (Wildman–Crippen MR) is 85.1 cm³/mol. The zero-order valence-corrected chi connectivity index (χ0v) is 13.5. The van der Waals surface area contributed by atoms with Crippen molar-refractivity contribution in [3.63, 3.8) is 0 Å². The van der Waals surface area contributed by atoms with Crippen molar-refractivity contribution in [1.82, 2.24) is 4.90 Å². The fourth-order valence-electron chi connectivity index (χ4n) is 1.99. The van der Waals surface area contributed by atoms with Gasteiger partial charge in [-0.3, -0.25) is 9.69 Å². The Morgan fingerprint density at radius 2 is 2.09 bits per heavy atom. The molecule has 1 amide bonds. The van der Waals surface area contributed by atoms with Gasteiger partial charge in [0, 0.05) is 24.1 Å². The molecule has 1 saturated heterocycles. The average Bonchev–Trinajstić information content (AvgIpc) is 2.73. The number of benzene rings is 1. The summed E-state index contributed by atoms with van der Waals surface area (Å²) >= 11 is 6.14. The number of nitrogens with zero attached hydrogens (tertiary/aromatic N) is 1. The summed E-state index contributed by atoms with van der Waals surface area (Å²) in [6.07, 6.45) is 2.10. The van der Waals surface area contributed by atoms with E-state index in [0.29, 0.717) is 23.7 Å². The third-order valence-corrected chi connectivity index (χ3v) is 4.51. The number of hydrogen-bond acceptors (Lipinski definition) is 5. The minimum atomic E-state index is -1.14. The molecule has 0 atom stereocenters. The highest BCUT2D eigenvalue weighted by atomic mass is 32.2. The van der Waals surface area contributed by atoms with E-state index in [1.54, 1.807) is 0 Å². The molecule has 0 aliphatic carbocycles. The van der Waals surface area contributed by atoms with Gasteiger partial charge in [-0.05, 0) is 37.5 Å². The van der Waals surface area contributed by atoms with E-state index >= 15 is 0 Å². The summed E-state index contributed by atoms with van der Waals surface area (Å²) in [6, 6.07) is 3.10.